The molecule has 1 atom stereocenters. The molecule has 1 aliphatic heterocycles. The third-order valence-corrected chi connectivity index (χ3v) is 5.48. The molecule has 3 aromatic rings. The SMILES string of the molecule is COc1cc2ncnc(NC(C(N)=O)c3cccc(Cl)c3)c2cc1OC1CCNCC1. The average Bonchev–Trinajstić information content (AvgIpc) is 2.77. The van der Waals surface area contributed by atoms with E-state index in [2.05, 4.69) is 20.6 Å². The van der Waals surface area contributed by atoms with Crippen molar-refractivity contribution < 1.29 is 14.3 Å². The van der Waals surface area contributed by atoms with Crippen LogP contribution in [0.2, 0.25) is 5.02 Å². The lowest BCUT2D eigenvalue weighted by molar-refractivity contribution is -0.118. The number of anilines is 1. The molecule has 1 unspecified atom stereocenters. The van der Waals surface area contributed by atoms with Crippen LogP contribution >= 0.6 is 11.6 Å². The first-order chi connectivity index (χ1) is 15.0. The summed E-state index contributed by atoms with van der Waals surface area (Å²) in [6.45, 7) is 1.83. The van der Waals surface area contributed by atoms with Crippen LogP contribution in [-0.4, -0.2) is 42.2 Å². The zero-order chi connectivity index (χ0) is 21.8. The number of nitrogens with zero attached hydrogens (tertiary/aromatic N) is 2. The van der Waals surface area contributed by atoms with E-state index < -0.39 is 11.9 Å². The molecule has 8 nitrogen and oxygen atoms in total. The number of methoxy groups -OCH3 is 1. The molecule has 2 heterocycles. The smallest absolute Gasteiger partial charge is 0.244 e. The minimum Gasteiger partial charge on any atom is -0.493 e. The Kier molecular flexibility index (Phi) is 6.39. The van der Waals surface area contributed by atoms with Gasteiger partial charge in [-0.2, -0.15) is 0 Å². The van der Waals surface area contributed by atoms with Gasteiger partial charge < -0.3 is 25.8 Å². The Bertz CT molecular complexity index is 1090. The molecule has 0 aliphatic carbocycles. The third kappa shape index (κ3) is 4.81. The van der Waals surface area contributed by atoms with Gasteiger partial charge in [-0.15, -0.1) is 0 Å². The molecule has 4 rings (SSSR count). The summed E-state index contributed by atoms with van der Waals surface area (Å²) >= 11 is 6.10. The number of hydrogen-bond donors (Lipinski definition) is 3. The van der Waals surface area contributed by atoms with E-state index in [1.165, 1.54) is 6.33 Å². The standard InChI is InChI=1S/C22H24ClN5O3/c1-30-18-11-17-16(10-19(18)31-15-5-7-25-8-6-15)22(27-12-26-17)28-20(21(24)29)13-3-2-4-14(23)9-13/h2-4,9-12,15,20,25H,5-8H2,1H3,(H2,24,29)(H,26,27,28). The first-order valence-electron chi connectivity index (χ1n) is 10.1. The molecule has 0 spiro atoms. The van der Waals surface area contributed by atoms with Crippen molar-refractivity contribution >= 4 is 34.2 Å². The number of aromatic nitrogens is 2. The van der Waals surface area contributed by atoms with Gasteiger partial charge in [0.05, 0.1) is 12.6 Å². The normalized spacial score (nSPS) is 15.4. The van der Waals surface area contributed by atoms with Crippen LogP contribution in [-0.2, 0) is 4.79 Å². The highest BCUT2D eigenvalue weighted by Crippen LogP contribution is 2.36. The molecule has 31 heavy (non-hydrogen) atoms. The van der Waals surface area contributed by atoms with Gasteiger partial charge in [0.25, 0.3) is 0 Å². The molecule has 1 saturated heterocycles. The van der Waals surface area contributed by atoms with E-state index in [0.717, 1.165) is 25.9 Å². The van der Waals surface area contributed by atoms with Crippen LogP contribution in [0.3, 0.4) is 0 Å². The molecular formula is C22H24ClN5O3. The lowest BCUT2D eigenvalue weighted by atomic mass is 10.1. The summed E-state index contributed by atoms with van der Waals surface area (Å²) in [7, 11) is 1.60. The highest BCUT2D eigenvalue weighted by atomic mass is 35.5. The van der Waals surface area contributed by atoms with Crippen LogP contribution < -0.4 is 25.8 Å². The number of nitrogens with two attached hydrogens (primary N) is 1. The van der Waals surface area contributed by atoms with Crippen LogP contribution in [0.5, 0.6) is 11.5 Å². The highest BCUT2D eigenvalue weighted by molar-refractivity contribution is 6.30. The van der Waals surface area contributed by atoms with Crippen molar-refractivity contribution in [2.45, 2.75) is 25.0 Å². The molecule has 0 radical (unpaired) electrons. The van der Waals surface area contributed by atoms with E-state index >= 15 is 0 Å². The predicted octanol–water partition coefficient (Wildman–Crippen LogP) is 3.06. The van der Waals surface area contributed by atoms with Gasteiger partial charge in [-0.05, 0) is 49.7 Å². The Hall–Kier alpha value is -3.10. The van der Waals surface area contributed by atoms with E-state index in [9.17, 15) is 4.79 Å². The summed E-state index contributed by atoms with van der Waals surface area (Å²) in [4.78, 5) is 20.9. The van der Waals surface area contributed by atoms with Gasteiger partial charge in [0.1, 0.15) is 24.3 Å². The number of piperidine rings is 1. The molecule has 162 valence electrons. The molecule has 1 amide bonds. The summed E-state index contributed by atoms with van der Waals surface area (Å²) in [6.07, 6.45) is 3.35. The van der Waals surface area contributed by atoms with Crippen LogP contribution in [0.1, 0.15) is 24.4 Å². The lowest BCUT2D eigenvalue weighted by Crippen LogP contribution is -2.34. The average molecular weight is 442 g/mol. The summed E-state index contributed by atoms with van der Waals surface area (Å²) in [6, 6.07) is 9.82. The van der Waals surface area contributed by atoms with Gasteiger partial charge in [-0.25, -0.2) is 9.97 Å². The summed E-state index contributed by atoms with van der Waals surface area (Å²) in [5.74, 6) is 1.12. The Morgan fingerprint density at radius 3 is 2.74 bits per heavy atom. The van der Waals surface area contributed by atoms with Gasteiger partial charge in [-0.3, -0.25) is 4.79 Å². The molecule has 0 saturated carbocycles. The minimum atomic E-state index is -0.812. The van der Waals surface area contributed by atoms with Crippen LogP contribution in [0, 0.1) is 0 Å². The van der Waals surface area contributed by atoms with Crippen LogP contribution in [0.15, 0.2) is 42.7 Å². The zero-order valence-electron chi connectivity index (χ0n) is 17.1. The molecule has 0 bridgehead atoms. The quantitative estimate of drug-likeness (QED) is 0.516. The predicted molar refractivity (Wildman–Crippen MR) is 120 cm³/mol. The third-order valence-electron chi connectivity index (χ3n) is 5.25. The van der Waals surface area contributed by atoms with Crippen molar-refractivity contribution in [1.29, 1.82) is 0 Å². The summed E-state index contributed by atoms with van der Waals surface area (Å²) in [5.41, 5.74) is 6.97. The number of nitrogens with one attached hydrogen (secondary N) is 2. The maximum absolute atomic E-state index is 12.2. The molecular weight excluding hydrogens is 418 g/mol. The first-order valence-corrected chi connectivity index (χ1v) is 10.4. The Labute approximate surface area is 185 Å². The van der Waals surface area contributed by atoms with E-state index in [-0.39, 0.29) is 6.10 Å². The van der Waals surface area contributed by atoms with E-state index in [0.29, 0.717) is 38.8 Å². The molecule has 9 heteroatoms. The van der Waals surface area contributed by atoms with Crippen molar-refractivity contribution in [1.82, 2.24) is 15.3 Å². The van der Waals surface area contributed by atoms with E-state index in [1.807, 2.05) is 6.07 Å². The second-order valence-corrected chi connectivity index (χ2v) is 7.78. The number of ether oxygens (including phenoxy) is 2. The van der Waals surface area contributed by atoms with Gasteiger partial charge in [0, 0.05) is 16.5 Å². The molecule has 1 aromatic heterocycles. The van der Waals surface area contributed by atoms with E-state index in [4.69, 9.17) is 26.8 Å². The number of hydrogen-bond acceptors (Lipinski definition) is 7. The Morgan fingerprint density at radius 1 is 1.23 bits per heavy atom. The zero-order valence-corrected chi connectivity index (χ0v) is 17.9. The highest BCUT2D eigenvalue weighted by Gasteiger charge is 2.22. The topological polar surface area (TPSA) is 111 Å². The number of fused-ring (bicyclic) bond motifs is 1. The van der Waals surface area contributed by atoms with Crippen molar-refractivity contribution in [2.75, 3.05) is 25.5 Å². The number of carbonyl (C=O) groups is 1. The van der Waals surface area contributed by atoms with Crippen molar-refractivity contribution in [3.8, 4) is 11.5 Å². The summed E-state index contributed by atoms with van der Waals surface area (Å²) < 4.78 is 11.8. The van der Waals surface area contributed by atoms with Crippen molar-refractivity contribution in [2.24, 2.45) is 5.73 Å². The number of benzene rings is 2. The van der Waals surface area contributed by atoms with Crippen molar-refractivity contribution in [3.05, 3.63) is 53.3 Å². The number of carbonyl (C=O) groups excluding carboxylic acids is 1. The molecule has 1 aliphatic rings. The Balaban J connectivity index is 1.71. The minimum absolute atomic E-state index is 0.0958. The molecule has 4 N–H and O–H groups in total. The number of primary amides is 1. The maximum atomic E-state index is 12.2. The second-order valence-electron chi connectivity index (χ2n) is 7.34. The fourth-order valence-corrected chi connectivity index (χ4v) is 3.86. The first kappa shape index (κ1) is 21.1. The second kappa shape index (κ2) is 9.36. The van der Waals surface area contributed by atoms with Gasteiger partial charge in [-0.1, -0.05) is 23.7 Å². The maximum Gasteiger partial charge on any atom is 0.244 e. The fraction of sp³-hybridized carbons (Fsp3) is 0.318. The fourth-order valence-electron chi connectivity index (χ4n) is 3.67. The molecule has 2 aromatic carbocycles. The van der Waals surface area contributed by atoms with Crippen LogP contribution in [0.25, 0.3) is 10.9 Å². The van der Waals surface area contributed by atoms with Gasteiger partial charge >= 0.3 is 0 Å². The van der Waals surface area contributed by atoms with Crippen LogP contribution in [0.4, 0.5) is 5.82 Å². The number of amides is 1. The van der Waals surface area contributed by atoms with E-state index in [1.54, 1.807) is 37.4 Å². The Morgan fingerprint density at radius 2 is 2.03 bits per heavy atom. The number of halogens is 1. The number of rotatable bonds is 7. The monoisotopic (exact) mass is 441 g/mol. The molecule has 1 fully saturated rings. The lowest BCUT2D eigenvalue weighted by Gasteiger charge is -2.25. The van der Waals surface area contributed by atoms with Crippen molar-refractivity contribution in [3.63, 3.8) is 0 Å². The summed E-state index contributed by atoms with van der Waals surface area (Å²) in [5, 5.41) is 7.68. The largest absolute Gasteiger partial charge is 0.493 e. The van der Waals surface area contributed by atoms with Gasteiger partial charge in [0.15, 0.2) is 11.5 Å². The van der Waals surface area contributed by atoms with Gasteiger partial charge in [0.2, 0.25) is 5.91 Å².